The van der Waals surface area contributed by atoms with Gasteiger partial charge >= 0.3 is 0 Å². The van der Waals surface area contributed by atoms with Crippen LogP contribution in [0.15, 0.2) is 24.3 Å². The van der Waals surface area contributed by atoms with Crippen molar-refractivity contribution in [2.24, 2.45) is 0 Å². The first-order valence-corrected chi connectivity index (χ1v) is 5.68. The lowest BCUT2D eigenvalue weighted by atomic mass is 9.90. The molecule has 0 amide bonds. The molecule has 0 saturated heterocycles. The summed E-state index contributed by atoms with van der Waals surface area (Å²) in [5.74, 6) is 0.770. The molecule has 0 aliphatic heterocycles. The number of benzene rings is 1. The lowest BCUT2D eigenvalue weighted by Crippen LogP contribution is -2.04. The third-order valence-electron chi connectivity index (χ3n) is 3.04. The minimum Gasteiger partial charge on any atom is -0.477 e. The van der Waals surface area contributed by atoms with Crippen molar-refractivity contribution in [3.63, 3.8) is 0 Å². The predicted molar refractivity (Wildman–Crippen MR) is 62.6 cm³/mol. The first-order chi connectivity index (χ1) is 7.90. The average molecular weight is 214 g/mol. The van der Waals surface area contributed by atoms with Crippen molar-refractivity contribution in [2.75, 3.05) is 6.61 Å². The Bertz CT molecular complexity index is 516. The van der Waals surface area contributed by atoms with Gasteiger partial charge in [-0.3, -0.25) is 5.10 Å². The summed E-state index contributed by atoms with van der Waals surface area (Å²) in [6, 6.07) is 8.47. The molecule has 3 heteroatoms. The molecule has 1 aromatic carbocycles. The van der Waals surface area contributed by atoms with Crippen molar-refractivity contribution in [2.45, 2.75) is 19.8 Å². The highest BCUT2D eigenvalue weighted by molar-refractivity contribution is 5.71. The van der Waals surface area contributed by atoms with E-state index in [1.54, 1.807) is 0 Å². The number of aromatic amines is 1. The van der Waals surface area contributed by atoms with Crippen LogP contribution < -0.4 is 4.74 Å². The van der Waals surface area contributed by atoms with Crippen LogP contribution in [0.4, 0.5) is 0 Å². The number of aromatic nitrogens is 2. The van der Waals surface area contributed by atoms with E-state index >= 15 is 0 Å². The maximum absolute atomic E-state index is 5.52. The zero-order valence-corrected chi connectivity index (χ0v) is 9.29. The van der Waals surface area contributed by atoms with Gasteiger partial charge in [-0.15, -0.1) is 5.10 Å². The largest absolute Gasteiger partial charge is 0.477 e. The van der Waals surface area contributed by atoms with Crippen LogP contribution in [0.2, 0.25) is 0 Å². The molecular formula is C13H14N2O. The number of H-pyrrole nitrogens is 1. The molecule has 0 spiro atoms. The minimum atomic E-state index is 0.666. The summed E-state index contributed by atoms with van der Waals surface area (Å²) in [5.41, 5.74) is 5.01. The number of nitrogens with one attached hydrogen (secondary N) is 1. The normalized spacial score (nSPS) is 13.1. The molecule has 0 fully saturated rings. The van der Waals surface area contributed by atoms with E-state index in [4.69, 9.17) is 4.74 Å². The van der Waals surface area contributed by atoms with Gasteiger partial charge in [-0.05, 0) is 25.3 Å². The fraction of sp³-hybridized carbons (Fsp3) is 0.308. The fourth-order valence-electron chi connectivity index (χ4n) is 2.30. The molecule has 16 heavy (non-hydrogen) atoms. The van der Waals surface area contributed by atoms with Gasteiger partial charge in [-0.2, -0.15) is 0 Å². The molecule has 82 valence electrons. The molecular weight excluding hydrogens is 200 g/mol. The molecule has 0 atom stereocenters. The van der Waals surface area contributed by atoms with E-state index in [-0.39, 0.29) is 0 Å². The molecule has 0 radical (unpaired) electrons. The molecule has 0 saturated carbocycles. The number of hydrogen-bond acceptors (Lipinski definition) is 2. The van der Waals surface area contributed by atoms with Crippen molar-refractivity contribution in [1.29, 1.82) is 0 Å². The molecule has 0 bridgehead atoms. The summed E-state index contributed by atoms with van der Waals surface area (Å²) in [6.45, 7) is 2.65. The third-order valence-corrected chi connectivity index (χ3v) is 3.04. The molecule has 1 N–H and O–H groups in total. The summed E-state index contributed by atoms with van der Waals surface area (Å²) in [5, 5.41) is 7.33. The first-order valence-electron chi connectivity index (χ1n) is 5.68. The highest BCUT2D eigenvalue weighted by Gasteiger charge is 2.21. The summed E-state index contributed by atoms with van der Waals surface area (Å²) in [4.78, 5) is 0. The highest BCUT2D eigenvalue weighted by Crippen LogP contribution is 2.35. The van der Waals surface area contributed by atoms with Gasteiger partial charge in [0.25, 0.3) is 0 Å². The second kappa shape index (κ2) is 3.67. The third kappa shape index (κ3) is 1.32. The number of ether oxygens (including phenoxy) is 1. The fourth-order valence-corrected chi connectivity index (χ4v) is 2.30. The maximum atomic E-state index is 5.52. The number of rotatable bonds is 2. The van der Waals surface area contributed by atoms with Crippen LogP contribution >= 0.6 is 0 Å². The second-order valence-corrected chi connectivity index (χ2v) is 3.97. The van der Waals surface area contributed by atoms with E-state index in [2.05, 4.69) is 34.5 Å². The minimum absolute atomic E-state index is 0.666. The van der Waals surface area contributed by atoms with E-state index in [1.807, 2.05) is 6.92 Å². The standard InChI is InChI=1S/C13H14N2O/c1-2-16-13-11-8-7-9-5-3-4-6-10(9)12(11)14-15-13/h3-6H,2,7-8H2,1H3,(H,14,15). The molecule has 0 unspecified atom stereocenters. The summed E-state index contributed by atoms with van der Waals surface area (Å²) in [7, 11) is 0. The second-order valence-electron chi connectivity index (χ2n) is 3.97. The summed E-state index contributed by atoms with van der Waals surface area (Å²) < 4.78 is 5.52. The average Bonchev–Trinajstić information content (AvgIpc) is 2.73. The lowest BCUT2D eigenvalue weighted by Gasteiger charge is -2.15. The van der Waals surface area contributed by atoms with E-state index in [9.17, 15) is 0 Å². The van der Waals surface area contributed by atoms with Gasteiger partial charge in [0, 0.05) is 11.1 Å². The summed E-state index contributed by atoms with van der Waals surface area (Å²) >= 11 is 0. The van der Waals surface area contributed by atoms with E-state index in [1.165, 1.54) is 16.7 Å². The van der Waals surface area contributed by atoms with Gasteiger partial charge in [0.2, 0.25) is 5.88 Å². The molecule has 3 rings (SSSR count). The highest BCUT2D eigenvalue weighted by atomic mass is 16.5. The van der Waals surface area contributed by atoms with E-state index in [0.717, 1.165) is 24.4 Å². The van der Waals surface area contributed by atoms with Gasteiger partial charge in [-0.1, -0.05) is 24.3 Å². The van der Waals surface area contributed by atoms with Crippen LogP contribution in [-0.4, -0.2) is 16.8 Å². The number of hydrogen-bond donors (Lipinski definition) is 1. The Morgan fingerprint density at radius 2 is 2.19 bits per heavy atom. The van der Waals surface area contributed by atoms with Gasteiger partial charge in [-0.25, -0.2) is 0 Å². The van der Waals surface area contributed by atoms with Crippen LogP contribution in [0, 0.1) is 0 Å². The Morgan fingerprint density at radius 1 is 1.31 bits per heavy atom. The van der Waals surface area contributed by atoms with Crippen LogP contribution in [-0.2, 0) is 12.8 Å². The quantitative estimate of drug-likeness (QED) is 0.834. The Hall–Kier alpha value is -1.77. The molecule has 2 aromatic rings. The Kier molecular flexibility index (Phi) is 2.17. The van der Waals surface area contributed by atoms with Crippen molar-refractivity contribution >= 4 is 0 Å². The smallest absolute Gasteiger partial charge is 0.236 e. The van der Waals surface area contributed by atoms with Crippen LogP contribution in [0.3, 0.4) is 0 Å². The molecule has 1 aromatic heterocycles. The molecule has 3 nitrogen and oxygen atoms in total. The van der Waals surface area contributed by atoms with Crippen molar-refractivity contribution in [3.05, 3.63) is 35.4 Å². The Morgan fingerprint density at radius 3 is 3.06 bits per heavy atom. The first kappa shape index (κ1) is 9.46. The number of fused-ring (bicyclic) bond motifs is 3. The van der Waals surface area contributed by atoms with Crippen LogP contribution in [0.5, 0.6) is 5.88 Å². The van der Waals surface area contributed by atoms with Crippen molar-refractivity contribution < 1.29 is 4.74 Å². The van der Waals surface area contributed by atoms with Crippen molar-refractivity contribution in [1.82, 2.24) is 10.2 Å². The van der Waals surface area contributed by atoms with Crippen LogP contribution in [0.1, 0.15) is 18.1 Å². The SMILES string of the molecule is CCOc1n[nH]c2c1CCc1ccccc1-2. The maximum Gasteiger partial charge on any atom is 0.236 e. The van der Waals surface area contributed by atoms with Gasteiger partial charge in [0.05, 0.1) is 12.3 Å². The van der Waals surface area contributed by atoms with Crippen LogP contribution in [0.25, 0.3) is 11.3 Å². The molecule has 1 aliphatic carbocycles. The summed E-state index contributed by atoms with van der Waals surface area (Å²) in [6.07, 6.45) is 2.08. The van der Waals surface area contributed by atoms with Gasteiger partial charge in [0.1, 0.15) is 0 Å². The zero-order valence-electron chi connectivity index (χ0n) is 9.29. The molecule has 1 heterocycles. The van der Waals surface area contributed by atoms with Gasteiger partial charge in [0.15, 0.2) is 0 Å². The Balaban J connectivity index is 2.12. The molecule has 1 aliphatic rings. The topological polar surface area (TPSA) is 37.9 Å². The number of nitrogens with zero attached hydrogens (tertiary/aromatic N) is 1. The van der Waals surface area contributed by atoms with Crippen molar-refractivity contribution in [3.8, 4) is 17.1 Å². The lowest BCUT2D eigenvalue weighted by molar-refractivity contribution is 0.323. The van der Waals surface area contributed by atoms with Gasteiger partial charge < -0.3 is 4.74 Å². The predicted octanol–water partition coefficient (Wildman–Crippen LogP) is 2.57. The van der Waals surface area contributed by atoms with E-state index in [0.29, 0.717) is 6.61 Å². The Labute approximate surface area is 94.5 Å². The number of aryl methyl sites for hydroxylation is 1. The van der Waals surface area contributed by atoms with E-state index < -0.39 is 0 Å². The monoisotopic (exact) mass is 214 g/mol. The zero-order chi connectivity index (χ0) is 11.0.